The predicted octanol–water partition coefficient (Wildman–Crippen LogP) is -0.312. The van der Waals surface area contributed by atoms with Crippen molar-refractivity contribution in [3.05, 3.63) is 0 Å². The fourth-order valence-electron chi connectivity index (χ4n) is 2.22. The van der Waals surface area contributed by atoms with Crippen LogP contribution in [0.4, 0.5) is 0 Å². The second kappa shape index (κ2) is 6.50. The van der Waals surface area contributed by atoms with E-state index >= 15 is 0 Å². The van der Waals surface area contributed by atoms with Crippen molar-refractivity contribution in [2.24, 2.45) is 11.8 Å². The molecule has 5 nitrogen and oxygen atoms in total. The van der Waals surface area contributed by atoms with Gasteiger partial charge in [0.2, 0.25) is 11.6 Å². The van der Waals surface area contributed by atoms with Crippen molar-refractivity contribution >= 4 is 17.3 Å². The first-order chi connectivity index (χ1) is 7.13. The minimum absolute atomic E-state index is 0. The van der Waals surface area contributed by atoms with Crippen molar-refractivity contribution in [1.29, 1.82) is 0 Å². The third-order valence-corrected chi connectivity index (χ3v) is 2.89. The summed E-state index contributed by atoms with van der Waals surface area (Å²) in [6, 6.07) is 0. The molecule has 2 atom stereocenters. The molecule has 0 aromatic heterocycles. The molecule has 0 amide bonds. The van der Waals surface area contributed by atoms with Crippen molar-refractivity contribution in [2.45, 2.75) is 32.6 Å². The quantitative estimate of drug-likeness (QED) is 0.576. The van der Waals surface area contributed by atoms with E-state index in [0.717, 1.165) is 25.7 Å². The van der Waals surface area contributed by atoms with E-state index < -0.39 is 17.3 Å². The Morgan fingerprint density at radius 1 is 1.06 bits per heavy atom. The zero-order chi connectivity index (χ0) is 11.4. The average molecular weight is 230 g/mol. The predicted molar refractivity (Wildman–Crippen MR) is 56.8 cm³/mol. The SMILES string of the molecule is CCO.O.O=C1C(=O)C2CCCCC2C1=O. The molecule has 2 saturated carbocycles. The topological polar surface area (TPSA) is 103 Å². The Bertz CT molecular complexity index is 258. The molecular formula is C11H18O5. The number of carbonyl (C=O) groups is 3. The van der Waals surface area contributed by atoms with Crippen LogP contribution in [0, 0.1) is 11.8 Å². The molecule has 2 aliphatic rings. The molecule has 0 spiro atoms. The molecule has 3 N–H and O–H groups in total. The van der Waals surface area contributed by atoms with Gasteiger partial charge in [-0.15, -0.1) is 0 Å². The number of hydrogen-bond acceptors (Lipinski definition) is 4. The molecule has 0 radical (unpaired) electrons. The maximum Gasteiger partial charge on any atom is 0.264 e. The van der Waals surface area contributed by atoms with Crippen LogP contribution in [0.25, 0.3) is 0 Å². The van der Waals surface area contributed by atoms with E-state index in [9.17, 15) is 14.4 Å². The summed E-state index contributed by atoms with van der Waals surface area (Å²) in [7, 11) is 0. The molecule has 0 aromatic carbocycles. The molecule has 2 rings (SSSR count). The summed E-state index contributed by atoms with van der Waals surface area (Å²) >= 11 is 0. The van der Waals surface area contributed by atoms with E-state index in [2.05, 4.69) is 0 Å². The van der Waals surface area contributed by atoms with Crippen LogP contribution >= 0.6 is 0 Å². The number of carbonyl (C=O) groups excluding carboxylic acids is 3. The van der Waals surface area contributed by atoms with Gasteiger partial charge in [0.05, 0.1) is 0 Å². The van der Waals surface area contributed by atoms with E-state index in [1.165, 1.54) is 0 Å². The summed E-state index contributed by atoms with van der Waals surface area (Å²) in [6.45, 7) is 1.93. The maximum atomic E-state index is 11.2. The third-order valence-electron chi connectivity index (χ3n) is 2.89. The molecule has 0 saturated heterocycles. The number of aliphatic hydroxyl groups is 1. The first-order valence-corrected chi connectivity index (χ1v) is 5.36. The fraction of sp³-hybridized carbons (Fsp3) is 0.727. The van der Waals surface area contributed by atoms with Crippen LogP contribution in [0.5, 0.6) is 0 Å². The van der Waals surface area contributed by atoms with Crippen LogP contribution in [0.3, 0.4) is 0 Å². The summed E-state index contributed by atoms with van der Waals surface area (Å²) in [6.07, 6.45) is 3.43. The Hall–Kier alpha value is -1.07. The van der Waals surface area contributed by atoms with Gasteiger partial charge in [-0.3, -0.25) is 14.4 Å². The van der Waals surface area contributed by atoms with E-state index in [-0.39, 0.29) is 23.9 Å². The first-order valence-electron chi connectivity index (χ1n) is 5.36. The molecule has 2 unspecified atom stereocenters. The van der Waals surface area contributed by atoms with E-state index in [0.29, 0.717) is 0 Å². The normalized spacial score (nSPS) is 27.8. The second-order valence-corrected chi connectivity index (χ2v) is 3.87. The Kier molecular flexibility index (Phi) is 6.06. The highest BCUT2D eigenvalue weighted by atomic mass is 16.2. The van der Waals surface area contributed by atoms with Gasteiger partial charge < -0.3 is 10.6 Å². The Labute approximate surface area is 94.1 Å². The molecule has 16 heavy (non-hydrogen) atoms. The maximum absolute atomic E-state index is 11.2. The van der Waals surface area contributed by atoms with E-state index in [1.54, 1.807) is 6.92 Å². The zero-order valence-corrected chi connectivity index (χ0v) is 9.36. The summed E-state index contributed by atoms with van der Waals surface area (Å²) in [4.78, 5) is 33.3. The lowest BCUT2D eigenvalue weighted by Crippen LogP contribution is -2.21. The van der Waals surface area contributed by atoms with Gasteiger partial charge in [0, 0.05) is 18.4 Å². The molecule has 92 valence electrons. The van der Waals surface area contributed by atoms with Crippen molar-refractivity contribution in [1.82, 2.24) is 0 Å². The van der Waals surface area contributed by atoms with Crippen molar-refractivity contribution in [3.8, 4) is 0 Å². The van der Waals surface area contributed by atoms with E-state index in [1.807, 2.05) is 0 Å². The Balaban J connectivity index is 0.000000511. The minimum atomic E-state index is -0.744. The van der Waals surface area contributed by atoms with Crippen LogP contribution in [0.15, 0.2) is 0 Å². The molecule has 0 aromatic rings. The molecule has 2 fully saturated rings. The highest BCUT2D eigenvalue weighted by molar-refractivity contribution is 6.68. The Morgan fingerprint density at radius 3 is 1.69 bits per heavy atom. The fourth-order valence-corrected chi connectivity index (χ4v) is 2.22. The van der Waals surface area contributed by atoms with Gasteiger partial charge in [0.15, 0.2) is 0 Å². The molecular weight excluding hydrogens is 212 g/mol. The highest BCUT2D eigenvalue weighted by Gasteiger charge is 2.48. The first kappa shape index (κ1) is 14.9. The van der Waals surface area contributed by atoms with Gasteiger partial charge in [-0.2, -0.15) is 0 Å². The molecule has 2 aliphatic carbocycles. The molecule has 5 heteroatoms. The van der Waals surface area contributed by atoms with Gasteiger partial charge in [0.1, 0.15) is 0 Å². The molecule has 0 heterocycles. The van der Waals surface area contributed by atoms with Crippen molar-refractivity contribution in [2.75, 3.05) is 6.61 Å². The van der Waals surface area contributed by atoms with Crippen molar-refractivity contribution in [3.63, 3.8) is 0 Å². The number of ketones is 3. The zero-order valence-electron chi connectivity index (χ0n) is 9.36. The van der Waals surface area contributed by atoms with Crippen LogP contribution in [-0.4, -0.2) is 34.5 Å². The molecule has 0 bridgehead atoms. The van der Waals surface area contributed by atoms with Gasteiger partial charge >= 0.3 is 0 Å². The number of aliphatic hydroxyl groups excluding tert-OH is 1. The van der Waals surface area contributed by atoms with Gasteiger partial charge in [-0.25, -0.2) is 0 Å². The summed E-state index contributed by atoms with van der Waals surface area (Å²) in [5.74, 6) is -2.10. The van der Waals surface area contributed by atoms with E-state index in [4.69, 9.17) is 5.11 Å². The summed E-state index contributed by atoms with van der Waals surface area (Å²) < 4.78 is 0. The number of Topliss-reactive ketones (excluding diaryl/α,β-unsaturated/α-hetero) is 3. The number of hydrogen-bond donors (Lipinski definition) is 1. The van der Waals surface area contributed by atoms with Crippen LogP contribution in [0.2, 0.25) is 0 Å². The lowest BCUT2D eigenvalue weighted by molar-refractivity contribution is -0.141. The van der Waals surface area contributed by atoms with Gasteiger partial charge in [0.25, 0.3) is 5.78 Å². The second-order valence-electron chi connectivity index (χ2n) is 3.87. The average Bonchev–Trinajstić information content (AvgIpc) is 2.46. The lowest BCUT2D eigenvalue weighted by Gasteiger charge is -2.20. The number of rotatable bonds is 0. The van der Waals surface area contributed by atoms with Crippen LogP contribution in [0.1, 0.15) is 32.6 Å². The smallest absolute Gasteiger partial charge is 0.264 e. The largest absolute Gasteiger partial charge is 0.412 e. The monoisotopic (exact) mass is 230 g/mol. The van der Waals surface area contributed by atoms with Gasteiger partial charge in [-0.1, -0.05) is 12.8 Å². The summed E-state index contributed by atoms with van der Waals surface area (Å²) in [5.41, 5.74) is 0. The van der Waals surface area contributed by atoms with Crippen molar-refractivity contribution < 1.29 is 25.0 Å². The summed E-state index contributed by atoms with van der Waals surface area (Å²) in [5, 5.41) is 7.57. The molecule has 0 aliphatic heterocycles. The lowest BCUT2D eigenvalue weighted by atomic mass is 9.81. The third kappa shape index (κ3) is 2.74. The number of fused-ring (bicyclic) bond motifs is 1. The van der Waals surface area contributed by atoms with Crippen LogP contribution in [-0.2, 0) is 14.4 Å². The highest BCUT2D eigenvalue weighted by Crippen LogP contribution is 2.36. The minimum Gasteiger partial charge on any atom is -0.412 e. The standard InChI is InChI=1S/C9H10O3.C2H6O.H2O/c10-7-5-3-1-2-4-6(5)8(11)9(7)12;1-2-3;/h5-6H,1-4H2;3H,2H2,1H3;1H2. The van der Waals surface area contributed by atoms with Crippen LogP contribution < -0.4 is 0 Å². The van der Waals surface area contributed by atoms with Gasteiger partial charge in [-0.05, 0) is 19.8 Å². The Morgan fingerprint density at radius 2 is 1.38 bits per heavy atom.